The second-order valence-electron chi connectivity index (χ2n) is 3.73. The van der Waals surface area contributed by atoms with Crippen LogP contribution in [0.3, 0.4) is 0 Å². The summed E-state index contributed by atoms with van der Waals surface area (Å²) in [6, 6.07) is 3.54. The van der Waals surface area contributed by atoms with Crippen molar-refractivity contribution >= 4 is 0 Å². The van der Waals surface area contributed by atoms with Crippen LogP contribution in [0.1, 0.15) is 11.1 Å². The van der Waals surface area contributed by atoms with E-state index in [9.17, 15) is 5.11 Å². The molecular formula is C11H15NO2. The highest BCUT2D eigenvalue weighted by Crippen LogP contribution is 2.33. The molecule has 0 spiro atoms. The highest BCUT2D eigenvalue weighted by Gasteiger charge is 2.19. The second-order valence-corrected chi connectivity index (χ2v) is 3.73. The minimum absolute atomic E-state index is 0.397. The normalized spacial score (nSPS) is 16.4. The van der Waals surface area contributed by atoms with Crippen LogP contribution in [0.25, 0.3) is 0 Å². The standard InChI is InChI=1S/C11H15NO2/c1-12-6-5-8-9(7-12)11(14-2)4-3-10(8)13/h3-4,13H,5-7H2,1-2H3. The van der Waals surface area contributed by atoms with Crippen molar-refractivity contribution in [2.75, 3.05) is 20.7 Å². The van der Waals surface area contributed by atoms with Crippen molar-refractivity contribution < 1.29 is 9.84 Å². The van der Waals surface area contributed by atoms with Gasteiger partial charge in [-0.05, 0) is 25.6 Å². The molecule has 1 aliphatic heterocycles. The van der Waals surface area contributed by atoms with Gasteiger partial charge >= 0.3 is 0 Å². The Balaban J connectivity index is 2.49. The first-order valence-electron chi connectivity index (χ1n) is 4.78. The molecule has 0 saturated carbocycles. The lowest BCUT2D eigenvalue weighted by Gasteiger charge is -2.26. The lowest BCUT2D eigenvalue weighted by Crippen LogP contribution is -2.26. The van der Waals surface area contributed by atoms with Gasteiger partial charge in [0.15, 0.2) is 0 Å². The molecule has 1 aromatic carbocycles. The van der Waals surface area contributed by atoms with Crippen LogP contribution in [0.5, 0.6) is 11.5 Å². The summed E-state index contributed by atoms with van der Waals surface area (Å²) in [5, 5.41) is 9.69. The van der Waals surface area contributed by atoms with Gasteiger partial charge in [-0.1, -0.05) is 0 Å². The predicted octanol–water partition coefficient (Wildman–Crippen LogP) is 1.39. The number of fused-ring (bicyclic) bond motifs is 1. The van der Waals surface area contributed by atoms with Crippen molar-refractivity contribution in [3.05, 3.63) is 23.3 Å². The van der Waals surface area contributed by atoms with Gasteiger partial charge in [-0.3, -0.25) is 0 Å². The maximum Gasteiger partial charge on any atom is 0.123 e. The van der Waals surface area contributed by atoms with E-state index in [2.05, 4.69) is 11.9 Å². The SMILES string of the molecule is COc1ccc(O)c2c1CN(C)CC2. The molecule has 3 nitrogen and oxygen atoms in total. The first-order chi connectivity index (χ1) is 6.72. The molecule has 1 N–H and O–H groups in total. The third-order valence-electron chi connectivity index (χ3n) is 2.75. The van der Waals surface area contributed by atoms with Crippen LogP contribution in [0.4, 0.5) is 0 Å². The molecule has 0 saturated heterocycles. The van der Waals surface area contributed by atoms with E-state index in [1.54, 1.807) is 13.2 Å². The average Bonchev–Trinajstić information content (AvgIpc) is 2.18. The molecule has 0 radical (unpaired) electrons. The summed E-state index contributed by atoms with van der Waals surface area (Å²) in [5.41, 5.74) is 2.17. The van der Waals surface area contributed by atoms with E-state index >= 15 is 0 Å². The Morgan fingerprint density at radius 3 is 2.86 bits per heavy atom. The molecular weight excluding hydrogens is 178 g/mol. The van der Waals surface area contributed by atoms with Crippen LogP contribution in [0.15, 0.2) is 12.1 Å². The van der Waals surface area contributed by atoms with Gasteiger partial charge in [0.2, 0.25) is 0 Å². The number of nitrogens with zero attached hydrogens (tertiary/aromatic N) is 1. The number of hydrogen-bond donors (Lipinski definition) is 1. The zero-order chi connectivity index (χ0) is 10.1. The van der Waals surface area contributed by atoms with E-state index in [4.69, 9.17) is 4.74 Å². The largest absolute Gasteiger partial charge is 0.508 e. The summed E-state index contributed by atoms with van der Waals surface area (Å²) in [6.07, 6.45) is 0.898. The van der Waals surface area contributed by atoms with Crippen molar-refractivity contribution in [1.29, 1.82) is 0 Å². The van der Waals surface area contributed by atoms with Crippen molar-refractivity contribution in [3.8, 4) is 11.5 Å². The summed E-state index contributed by atoms with van der Waals surface area (Å²) in [6.45, 7) is 1.85. The smallest absolute Gasteiger partial charge is 0.123 e. The quantitative estimate of drug-likeness (QED) is 0.731. The molecule has 0 aliphatic carbocycles. The third kappa shape index (κ3) is 1.44. The van der Waals surface area contributed by atoms with Gasteiger partial charge in [-0.25, -0.2) is 0 Å². The number of likely N-dealkylation sites (N-methyl/N-ethyl adjacent to an activating group) is 1. The van der Waals surface area contributed by atoms with Crippen LogP contribution in [0, 0.1) is 0 Å². The number of phenols is 1. The Kier molecular flexibility index (Phi) is 2.33. The first-order valence-corrected chi connectivity index (χ1v) is 4.78. The van der Waals surface area contributed by atoms with Crippen molar-refractivity contribution in [2.45, 2.75) is 13.0 Å². The van der Waals surface area contributed by atoms with Crippen LogP contribution in [0.2, 0.25) is 0 Å². The summed E-state index contributed by atoms with van der Waals surface area (Å²) < 4.78 is 5.28. The molecule has 0 bridgehead atoms. The summed E-state index contributed by atoms with van der Waals surface area (Å²) in [4.78, 5) is 2.23. The summed E-state index contributed by atoms with van der Waals surface area (Å²) in [5.74, 6) is 1.28. The number of ether oxygens (including phenoxy) is 1. The van der Waals surface area contributed by atoms with Gasteiger partial charge in [-0.2, -0.15) is 0 Å². The average molecular weight is 193 g/mol. The van der Waals surface area contributed by atoms with E-state index in [0.29, 0.717) is 5.75 Å². The highest BCUT2D eigenvalue weighted by molar-refractivity contribution is 5.49. The van der Waals surface area contributed by atoms with Gasteiger partial charge in [0.1, 0.15) is 11.5 Å². The van der Waals surface area contributed by atoms with E-state index < -0.39 is 0 Å². The molecule has 0 unspecified atom stereocenters. The maximum absolute atomic E-state index is 9.69. The Bertz CT molecular complexity index is 349. The Hall–Kier alpha value is -1.22. The molecule has 3 heteroatoms. The molecule has 1 aliphatic rings. The zero-order valence-corrected chi connectivity index (χ0v) is 8.58. The van der Waals surface area contributed by atoms with Gasteiger partial charge in [0.25, 0.3) is 0 Å². The second kappa shape index (κ2) is 3.50. The Morgan fingerprint density at radius 1 is 1.36 bits per heavy atom. The van der Waals surface area contributed by atoms with Crippen LogP contribution in [-0.4, -0.2) is 30.7 Å². The number of hydrogen-bond acceptors (Lipinski definition) is 3. The van der Waals surface area contributed by atoms with E-state index in [1.807, 2.05) is 6.07 Å². The topological polar surface area (TPSA) is 32.7 Å². The molecule has 76 valence electrons. The molecule has 0 atom stereocenters. The molecule has 0 amide bonds. The number of phenolic OH excluding ortho intramolecular Hbond substituents is 1. The first kappa shape index (κ1) is 9.34. The van der Waals surface area contributed by atoms with Crippen molar-refractivity contribution in [1.82, 2.24) is 4.90 Å². The number of methoxy groups -OCH3 is 1. The number of rotatable bonds is 1. The fraction of sp³-hybridized carbons (Fsp3) is 0.455. The highest BCUT2D eigenvalue weighted by atomic mass is 16.5. The molecule has 2 rings (SSSR count). The van der Waals surface area contributed by atoms with E-state index in [0.717, 1.165) is 36.4 Å². The lowest BCUT2D eigenvalue weighted by molar-refractivity contribution is 0.297. The fourth-order valence-electron chi connectivity index (χ4n) is 1.95. The van der Waals surface area contributed by atoms with Gasteiger partial charge in [0.05, 0.1) is 7.11 Å². The Labute approximate surface area is 83.9 Å². The molecule has 0 fully saturated rings. The zero-order valence-electron chi connectivity index (χ0n) is 8.58. The lowest BCUT2D eigenvalue weighted by atomic mass is 9.98. The van der Waals surface area contributed by atoms with Crippen LogP contribution >= 0.6 is 0 Å². The maximum atomic E-state index is 9.69. The van der Waals surface area contributed by atoms with Crippen LogP contribution < -0.4 is 4.74 Å². The summed E-state index contributed by atoms with van der Waals surface area (Å²) >= 11 is 0. The van der Waals surface area contributed by atoms with Gasteiger partial charge < -0.3 is 14.7 Å². The number of aromatic hydroxyl groups is 1. The van der Waals surface area contributed by atoms with Gasteiger partial charge in [0, 0.05) is 24.2 Å². The van der Waals surface area contributed by atoms with Crippen LogP contribution in [-0.2, 0) is 13.0 Å². The molecule has 1 heterocycles. The van der Waals surface area contributed by atoms with E-state index in [-0.39, 0.29) is 0 Å². The minimum Gasteiger partial charge on any atom is -0.508 e. The minimum atomic E-state index is 0.397. The van der Waals surface area contributed by atoms with Crippen molar-refractivity contribution in [3.63, 3.8) is 0 Å². The molecule has 14 heavy (non-hydrogen) atoms. The number of benzene rings is 1. The molecule has 0 aromatic heterocycles. The predicted molar refractivity (Wildman–Crippen MR) is 54.7 cm³/mol. The van der Waals surface area contributed by atoms with E-state index in [1.165, 1.54) is 0 Å². The fourth-order valence-corrected chi connectivity index (χ4v) is 1.95. The Morgan fingerprint density at radius 2 is 2.14 bits per heavy atom. The third-order valence-corrected chi connectivity index (χ3v) is 2.75. The molecule has 1 aromatic rings. The van der Waals surface area contributed by atoms with Gasteiger partial charge in [-0.15, -0.1) is 0 Å². The van der Waals surface area contributed by atoms with Crippen molar-refractivity contribution in [2.24, 2.45) is 0 Å². The monoisotopic (exact) mass is 193 g/mol. The summed E-state index contributed by atoms with van der Waals surface area (Å²) in [7, 11) is 3.74.